The molecule has 1 aromatic carbocycles. The largest absolute Gasteiger partial charge is 0.467 e. The zero-order valence-corrected chi connectivity index (χ0v) is 10.8. The molecule has 0 unspecified atom stereocenters. The lowest BCUT2D eigenvalue weighted by Gasteiger charge is -2.18. The first-order valence-electron chi connectivity index (χ1n) is 5.77. The van der Waals surface area contributed by atoms with Crippen molar-refractivity contribution in [2.45, 2.75) is 25.7 Å². The lowest BCUT2D eigenvalue weighted by molar-refractivity contribution is -0.145. The normalized spacial score (nSPS) is 13.2. The molecule has 0 spiro atoms. The van der Waals surface area contributed by atoms with Crippen LogP contribution in [0.2, 0.25) is 0 Å². The van der Waals surface area contributed by atoms with Crippen molar-refractivity contribution in [2.24, 2.45) is 0 Å². The van der Waals surface area contributed by atoms with Gasteiger partial charge in [0.1, 0.15) is 6.61 Å². The molecule has 2 atom stereocenters. The van der Waals surface area contributed by atoms with E-state index < -0.39 is 24.2 Å². The van der Waals surface area contributed by atoms with Gasteiger partial charge in [0.2, 0.25) is 0 Å². The van der Waals surface area contributed by atoms with Crippen LogP contribution >= 0.6 is 0 Å². The average molecular weight is 267 g/mol. The van der Waals surface area contributed by atoms with E-state index in [0.29, 0.717) is 0 Å². The molecule has 0 aliphatic carbocycles. The second-order valence-corrected chi connectivity index (χ2v) is 3.95. The molecule has 2 N–H and O–H groups in total. The Morgan fingerprint density at radius 1 is 1.32 bits per heavy atom. The highest BCUT2D eigenvalue weighted by molar-refractivity contribution is 5.81. The molecule has 0 radical (unpaired) electrons. The number of amides is 1. The van der Waals surface area contributed by atoms with Crippen LogP contribution < -0.4 is 5.32 Å². The van der Waals surface area contributed by atoms with E-state index in [0.717, 1.165) is 5.56 Å². The van der Waals surface area contributed by atoms with E-state index in [2.05, 4.69) is 10.1 Å². The third-order valence-electron chi connectivity index (χ3n) is 2.42. The summed E-state index contributed by atoms with van der Waals surface area (Å²) < 4.78 is 9.40. The van der Waals surface area contributed by atoms with Crippen molar-refractivity contribution in [3.8, 4) is 0 Å². The number of nitrogens with one attached hydrogen (secondary N) is 1. The van der Waals surface area contributed by atoms with Crippen LogP contribution in [0, 0.1) is 0 Å². The van der Waals surface area contributed by atoms with Crippen LogP contribution in [-0.2, 0) is 20.9 Å². The zero-order valence-electron chi connectivity index (χ0n) is 10.8. The lowest BCUT2D eigenvalue weighted by Crippen LogP contribution is -2.48. The minimum absolute atomic E-state index is 0.0837. The molecule has 19 heavy (non-hydrogen) atoms. The molecule has 0 aliphatic rings. The van der Waals surface area contributed by atoms with Crippen LogP contribution in [-0.4, -0.2) is 36.4 Å². The first-order chi connectivity index (χ1) is 9.04. The summed E-state index contributed by atoms with van der Waals surface area (Å²) in [4.78, 5) is 22.8. The van der Waals surface area contributed by atoms with E-state index in [4.69, 9.17) is 4.74 Å². The number of alkyl carbamates (subject to hydrolysis) is 1. The predicted octanol–water partition coefficient (Wildman–Crippen LogP) is 0.835. The van der Waals surface area contributed by atoms with Gasteiger partial charge in [-0.1, -0.05) is 30.3 Å². The molecular weight excluding hydrogens is 250 g/mol. The standard InChI is InChI=1S/C13H17NO5/c1-9(15)11(12(16)18-2)14-13(17)19-8-10-6-4-3-5-7-10/h3-7,9,11,15H,8H2,1-2H3,(H,14,17)/t9-,11+/m0/s1. The Balaban J connectivity index is 2.47. The van der Waals surface area contributed by atoms with Gasteiger partial charge < -0.3 is 19.9 Å². The molecule has 0 fully saturated rings. The first kappa shape index (κ1) is 15.0. The molecule has 0 bridgehead atoms. The van der Waals surface area contributed by atoms with Crippen LogP contribution in [0.15, 0.2) is 30.3 Å². The summed E-state index contributed by atoms with van der Waals surface area (Å²) in [7, 11) is 1.18. The molecule has 6 heteroatoms. The molecule has 0 saturated carbocycles. The van der Waals surface area contributed by atoms with Gasteiger partial charge in [0.25, 0.3) is 0 Å². The van der Waals surface area contributed by atoms with E-state index in [-0.39, 0.29) is 6.61 Å². The van der Waals surface area contributed by atoms with Gasteiger partial charge in [0.15, 0.2) is 6.04 Å². The minimum Gasteiger partial charge on any atom is -0.467 e. The second kappa shape index (κ2) is 7.38. The molecule has 0 aliphatic heterocycles. The van der Waals surface area contributed by atoms with Gasteiger partial charge in [0.05, 0.1) is 13.2 Å². The Bertz CT molecular complexity index is 418. The fraction of sp³-hybridized carbons (Fsp3) is 0.385. The summed E-state index contributed by atoms with van der Waals surface area (Å²) in [5, 5.41) is 11.6. The number of methoxy groups -OCH3 is 1. The number of esters is 1. The van der Waals surface area contributed by atoms with Gasteiger partial charge in [-0.25, -0.2) is 9.59 Å². The number of aliphatic hydroxyl groups excluding tert-OH is 1. The summed E-state index contributed by atoms with van der Waals surface area (Å²) in [5.74, 6) is -0.730. The minimum atomic E-state index is -1.15. The highest BCUT2D eigenvalue weighted by Gasteiger charge is 2.26. The maximum absolute atomic E-state index is 11.5. The maximum Gasteiger partial charge on any atom is 0.408 e. The summed E-state index contributed by atoms with van der Waals surface area (Å²) in [6, 6.07) is 7.96. The molecule has 1 amide bonds. The van der Waals surface area contributed by atoms with Gasteiger partial charge in [-0.15, -0.1) is 0 Å². The molecule has 1 rings (SSSR count). The Morgan fingerprint density at radius 2 is 1.95 bits per heavy atom. The van der Waals surface area contributed by atoms with E-state index in [1.54, 1.807) is 12.1 Å². The molecule has 0 saturated heterocycles. The van der Waals surface area contributed by atoms with E-state index in [9.17, 15) is 14.7 Å². The van der Waals surface area contributed by atoms with E-state index in [1.807, 2.05) is 18.2 Å². The SMILES string of the molecule is COC(=O)[C@H](NC(=O)OCc1ccccc1)[C@H](C)O. The second-order valence-electron chi connectivity index (χ2n) is 3.95. The van der Waals surface area contributed by atoms with Crippen molar-refractivity contribution in [3.05, 3.63) is 35.9 Å². The predicted molar refractivity (Wildman–Crippen MR) is 67.2 cm³/mol. The third kappa shape index (κ3) is 4.97. The highest BCUT2D eigenvalue weighted by atomic mass is 16.6. The fourth-order valence-corrected chi connectivity index (χ4v) is 1.40. The quantitative estimate of drug-likeness (QED) is 0.772. The van der Waals surface area contributed by atoms with Gasteiger partial charge in [-0.2, -0.15) is 0 Å². The van der Waals surface area contributed by atoms with Crippen LogP contribution in [0.25, 0.3) is 0 Å². The van der Waals surface area contributed by atoms with Crippen LogP contribution in [0.4, 0.5) is 4.79 Å². The number of ether oxygens (including phenoxy) is 2. The fourth-order valence-electron chi connectivity index (χ4n) is 1.40. The Kier molecular flexibility index (Phi) is 5.81. The average Bonchev–Trinajstić information content (AvgIpc) is 2.42. The summed E-state index contributed by atoms with van der Waals surface area (Å²) >= 11 is 0. The van der Waals surface area contributed by atoms with Crippen molar-refractivity contribution in [3.63, 3.8) is 0 Å². The smallest absolute Gasteiger partial charge is 0.408 e. The topological polar surface area (TPSA) is 84.9 Å². The number of benzene rings is 1. The van der Waals surface area contributed by atoms with Crippen LogP contribution in [0.1, 0.15) is 12.5 Å². The number of carbonyl (C=O) groups is 2. The third-order valence-corrected chi connectivity index (χ3v) is 2.42. The van der Waals surface area contributed by atoms with Crippen LogP contribution in [0.5, 0.6) is 0 Å². The maximum atomic E-state index is 11.5. The monoisotopic (exact) mass is 267 g/mol. The molecule has 104 valence electrons. The van der Waals surface area contributed by atoms with Crippen LogP contribution in [0.3, 0.4) is 0 Å². The van der Waals surface area contributed by atoms with E-state index in [1.165, 1.54) is 14.0 Å². The van der Waals surface area contributed by atoms with Crippen molar-refractivity contribution in [1.82, 2.24) is 5.32 Å². The summed E-state index contributed by atoms with van der Waals surface area (Å²) in [6.45, 7) is 1.46. The van der Waals surface area contributed by atoms with Gasteiger partial charge in [-0.05, 0) is 12.5 Å². The number of hydrogen-bond donors (Lipinski definition) is 2. The number of hydrogen-bond acceptors (Lipinski definition) is 5. The molecule has 0 heterocycles. The van der Waals surface area contributed by atoms with Gasteiger partial charge in [-0.3, -0.25) is 0 Å². The van der Waals surface area contributed by atoms with Gasteiger partial charge in [0, 0.05) is 0 Å². The lowest BCUT2D eigenvalue weighted by atomic mass is 10.2. The Hall–Kier alpha value is -2.08. The highest BCUT2D eigenvalue weighted by Crippen LogP contribution is 2.02. The summed E-state index contributed by atoms with van der Waals surface area (Å²) in [6.07, 6.45) is -1.86. The van der Waals surface area contributed by atoms with E-state index >= 15 is 0 Å². The molecular formula is C13H17NO5. The molecule has 0 aromatic heterocycles. The van der Waals surface area contributed by atoms with Gasteiger partial charge >= 0.3 is 12.1 Å². The van der Waals surface area contributed by atoms with Crippen molar-refractivity contribution in [2.75, 3.05) is 7.11 Å². The summed E-state index contributed by atoms with van der Waals surface area (Å²) in [5.41, 5.74) is 0.823. The Labute approximate surface area is 111 Å². The number of aliphatic hydroxyl groups is 1. The zero-order chi connectivity index (χ0) is 14.3. The van der Waals surface area contributed by atoms with Crippen molar-refractivity contribution >= 4 is 12.1 Å². The Morgan fingerprint density at radius 3 is 2.47 bits per heavy atom. The molecule has 6 nitrogen and oxygen atoms in total. The molecule has 1 aromatic rings. The van der Waals surface area contributed by atoms with Crippen molar-refractivity contribution in [1.29, 1.82) is 0 Å². The number of rotatable bonds is 5. The number of carbonyl (C=O) groups excluding carboxylic acids is 2. The van der Waals surface area contributed by atoms with Crippen molar-refractivity contribution < 1.29 is 24.2 Å². The first-order valence-corrected chi connectivity index (χ1v) is 5.77.